The number of nitrogens with zero attached hydrogens (tertiary/aromatic N) is 4. The molecule has 0 saturated carbocycles. The zero-order chi connectivity index (χ0) is 25.0. The zero-order valence-electron chi connectivity index (χ0n) is 19.5. The Morgan fingerprint density at radius 3 is 2.31 bits per heavy atom. The summed E-state index contributed by atoms with van der Waals surface area (Å²) >= 11 is 0. The SMILES string of the molecule is CN1CC(C(=O)NCc2ncc(Nc3ccc(N4CCC(C(F)(F)F)CC4)cc3)cn2)CCC1=O. The summed E-state index contributed by atoms with van der Waals surface area (Å²) in [5.41, 5.74) is 2.37. The van der Waals surface area contributed by atoms with E-state index in [0.717, 1.165) is 11.4 Å². The molecule has 0 bridgehead atoms. The molecule has 3 heterocycles. The number of nitrogens with one attached hydrogen (secondary N) is 2. The molecule has 11 heteroatoms. The van der Waals surface area contributed by atoms with Gasteiger partial charge in [0.1, 0.15) is 5.82 Å². The Balaban J connectivity index is 1.24. The van der Waals surface area contributed by atoms with Gasteiger partial charge in [-0.3, -0.25) is 9.59 Å². The lowest BCUT2D eigenvalue weighted by molar-refractivity contribution is -0.179. The van der Waals surface area contributed by atoms with Crippen LogP contribution in [0.3, 0.4) is 0 Å². The Bertz CT molecular complexity index is 1020. The van der Waals surface area contributed by atoms with Gasteiger partial charge in [-0.05, 0) is 43.5 Å². The van der Waals surface area contributed by atoms with Crippen LogP contribution in [-0.4, -0.2) is 59.5 Å². The third-order valence-corrected chi connectivity index (χ3v) is 6.60. The summed E-state index contributed by atoms with van der Waals surface area (Å²) in [6.45, 7) is 1.39. The summed E-state index contributed by atoms with van der Waals surface area (Å²) in [5, 5.41) is 6.03. The van der Waals surface area contributed by atoms with Crippen molar-refractivity contribution >= 4 is 28.9 Å². The summed E-state index contributed by atoms with van der Waals surface area (Å²) in [6.07, 6.45) is 0.286. The second kappa shape index (κ2) is 10.5. The second-order valence-corrected chi connectivity index (χ2v) is 9.09. The molecule has 2 fully saturated rings. The molecule has 2 N–H and O–H groups in total. The van der Waals surface area contributed by atoms with Crippen LogP contribution in [0.1, 0.15) is 31.5 Å². The number of likely N-dealkylation sites (tertiary alicyclic amines) is 1. The van der Waals surface area contributed by atoms with E-state index in [0.29, 0.717) is 44.0 Å². The van der Waals surface area contributed by atoms with Crippen LogP contribution in [0.5, 0.6) is 0 Å². The molecule has 1 aromatic carbocycles. The van der Waals surface area contributed by atoms with Crippen LogP contribution in [0.4, 0.5) is 30.2 Å². The largest absolute Gasteiger partial charge is 0.391 e. The van der Waals surface area contributed by atoms with E-state index in [4.69, 9.17) is 0 Å². The normalized spacial score (nSPS) is 19.5. The van der Waals surface area contributed by atoms with E-state index in [1.807, 2.05) is 29.2 Å². The summed E-state index contributed by atoms with van der Waals surface area (Å²) in [4.78, 5) is 36.0. The summed E-state index contributed by atoms with van der Waals surface area (Å²) < 4.78 is 38.6. The standard InChI is InChI=1S/C24H29F3N6O2/c1-32-15-16(2-7-22(32)34)23(35)30-14-21-28-12-19(13-29-21)31-18-3-5-20(6-4-18)33-10-8-17(9-11-33)24(25,26)27/h3-6,12-13,16-17,31H,2,7-11,14-15H2,1H3,(H,30,35). The molecule has 35 heavy (non-hydrogen) atoms. The lowest BCUT2D eigenvalue weighted by Crippen LogP contribution is -2.43. The maximum absolute atomic E-state index is 12.9. The highest BCUT2D eigenvalue weighted by molar-refractivity contribution is 5.83. The second-order valence-electron chi connectivity index (χ2n) is 9.09. The molecule has 2 aliphatic rings. The summed E-state index contributed by atoms with van der Waals surface area (Å²) in [6, 6.07) is 7.50. The van der Waals surface area contributed by atoms with Crippen molar-refractivity contribution in [2.24, 2.45) is 11.8 Å². The molecule has 1 aromatic heterocycles. The van der Waals surface area contributed by atoms with Crippen LogP contribution in [0.2, 0.25) is 0 Å². The first-order chi connectivity index (χ1) is 16.7. The van der Waals surface area contributed by atoms with Gasteiger partial charge in [0.15, 0.2) is 0 Å². The predicted octanol–water partition coefficient (Wildman–Crippen LogP) is 3.48. The van der Waals surface area contributed by atoms with E-state index < -0.39 is 12.1 Å². The molecule has 2 amide bonds. The molecule has 0 aliphatic carbocycles. The highest BCUT2D eigenvalue weighted by atomic mass is 19.4. The van der Waals surface area contributed by atoms with Gasteiger partial charge < -0.3 is 20.4 Å². The number of carbonyl (C=O) groups is 2. The van der Waals surface area contributed by atoms with E-state index in [9.17, 15) is 22.8 Å². The van der Waals surface area contributed by atoms with Crippen LogP contribution >= 0.6 is 0 Å². The van der Waals surface area contributed by atoms with E-state index >= 15 is 0 Å². The molecular formula is C24H29F3N6O2. The molecule has 8 nitrogen and oxygen atoms in total. The first-order valence-electron chi connectivity index (χ1n) is 11.7. The molecule has 0 spiro atoms. The van der Waals surface area contributed by atoms with Gasteiger partial charge >= 0.3 is 6.18 Å². The molecule has 2 aliphatic heterocycles. The maximum atomic E-state index is 12.9. The Kier molecular flexibility index (Phi) is 7.42. The van der Waals surface area contributed by atoms with Crippen molar-refractivity contribution in [1.29, 1.82) is 0 Å². The topological polar surface area (TPSA) is 90.5 Å². The third-order valence-electron chi connectivity index (χ3n) is 6.60. The van der Waals surface area contributed by atoms with Crippen molar-refractivity contribution in [3.8, 4) is 0 Å². The van der Waals surface area contributed by atoms with Gasteiger partial charge in [0, 0.05) is 44.5 Å². The molecule has 1 unspecified atom stereocenters. The Labute approximate surface area is 201 Å². The lowest BCUT2D eigenvalue weighted by atomic mass is 9.96. The van der Waals surface area contributed by atoms with Crippen molar-refractivity contribution in [3.63, 3.8) is 0 Å². The molecular weight excluding hydrogens is 461 g/mol. The van der Waals surface area contributed by atoms with E-state index in [1.54, 1.807) is 24.3 Å². The van der Waals surface area contributed by atoms with E-state index in [1.165, 1.54) is 0 Å². The number of hydrogen-bond donors (Lipinski definition) is 2. The number of amides is 2. The minimum absolute atomic E-state index is 0.0562. The van der Waals surface area contributed by atoms with E-state index in [2.05, 4.69) is 20.6 Å². The third kappa shape index (κ3) is 6.40. The van der Waals surface area contributed by atoms with Crippen molar-refractivity contribution in [3.05, 3.63) is 42.5 Å². The number of piperidine rings is 2. The van der Waals surface area contributed by atoms with Gasteiger partial charge in [-0.1, -0.05) is 0 Å². The highest BCUT2D eigenvalue weighted by Crippen LogP contribution is 2.35. The monoisotopic (exact) mass is 490 g/mol. The molecule has 0 radical (unpaired) electrons. The average molecular weight is 491 g/mol. The first-order valence-corrected chi connectivity index (χ1v) is 11.7. The number of aromatic nitrogens is 2. The van der Waals surface area contributed by atoms with Gasteiger partial charge in [-0.2, -0.15) is 13.2 Å². The van der Waals surface area contributed by atoms with Crippen LogP contribution < -0.4 is 15.5 Å². The minimum atomic E-state index is -4.11. The van der Waals surface area contributed by atoms with Crippen molar-refractivity contribution < 1.29 is 22.8 Å². The van der Waals surface area contributed by atoms with Crippen LogP contribution in [0.15, 0.2) is 36.7 Å². The summed E-state index contributed by atoms with van der Waals surface area (Å²) in [5.74, 6) is -1.02. The van der Waals surface area contributed by atoms with Crippen molar-refractivity contribution in [2.75, 3.05) is 36.9 Å². The Morgan fingerprint density at radius 2 is 1.71 bits per heavy atom. The van der Waals surface area contributed by atoms with Gasteiger partial charge in [0.2, 0.25) is 11.8 Å². The van der Waals surface area contributed by atoms with Gasteiger partial charge in [0.25, 0.3) is 0 Å². The number of hydrogen-bond acceptors (Lipinski definition) is 6. The van der Waals surface area contributed by atoms with Gasteiger partial charge in [0.05, 0.1) is 36.5 Å². The van der Waals surface area contributed by atoms with Crippen molar-refractivity contribution in [2.45, 2.75) is 38.4 Å². The zero-order valence-corrected chi connectivity index (χ0v) is 19.5. The number of anilines is 3. The molecule has 188 valence electrons. The number of rotatable bonds is 6. The average Bonchev–Trinajstić information content (AvgIpc) is 2.85. The molecule has 2 aromatic rings. The number of halogens is 3. The maximum Gasteiger partial charge on any atom is 0.391 e. The predicted molar refractivity (Wildman–Crippen MR) is 125 cm³/mol. The van der Waals surface area contributed by atoms with Crippen LogP contribution in [-0.2, 0) is 16.1 Å². The highest BCUT2D eigenvalue weighted by Gasteiger charge is 2.41. The smallest absolute Gasteiger partial charge is 0.372 e. The Hall–Kier alpha value is -3.37. The fraction of sp³-hybridized carbons (Fsp3) is 0.500. The summed E-state index contributed by atoms with van der Waals surface area (Å²) in [7, 11) is 1.70. The van der Waals surface area contributed by atoms with Crippen LogP contribution in [0, 0.1) is 11.8 Å². The quantitative estimate of drug-likeness (QED) is 0.645. The first kappa shape index (κ1) is 24.7. The number of benzene rings is 1. The van der Waals surface area contributed by atoms with Crippen LogP contribution in [0.25, 0.3) is 0 Å². The lowest BCUT2D eigenvalue weighted by Gasteiger charge is -2.34. The minimum Gasteiger partial charge on any atom is -0.372 e. The fourth-order valence-electron chi connectivity index (χ4n) is 4.43. The van der Waals surface area contributed by atoms with E-state index in [-0.39, 0.29) is 37.1 Å². The van der Waals surface area contributed by atoms with Crippen molar-refractivity contribution in [1.82, 2.24) is 20.2 Å². The van der Waals surface area contributed by atoms with Gasteiger partial charge in [-0.25, -0.2) is 9.97 Å². The fourth-order valence-corrected chi connectivity index (χ4v) is 4.43. The van der Waals surface area contributed by atoms with Gasteiger partial charge in [-0.15, -0.1) is 0 Å². The molecule has 1 atom stereocenters. The molecule has 4 rings (SSSR count). The molecule has 2 saturated heterocycles. The number of alkyl halides is 3. The Morgan fingerprint density at radius 1 is 1.06 bits per heavy atom. The number of carbonyl (C=O) groups excluding carboxylic acids is 2.